The molecule has 1 aromatic carbocycles. The summed E-state index contributed by atoms with van der Waals surface area (Å²) in [7, 11) is 5.28. The average Bonchev–Trinajstić information content (AvgIpc) is 3.34. The van der Waals surface area contributed by atoms with E-state index in [-0.39, 0.29) is 0 Å². The highest BCUT2D eigenvalue weighted by molar-refractivity contribution is 5.80. The molecule has 1 aromatic heterocycles. The summed E-state index contributed by atoms with van der Waals surface area (Å²) < 4.78 is 12.6. The van der Waals surface area contributed by atoms with Gasteiger partial charge in [0.25, 0.3) is 0 Å². The van der Waals surface area contributed by atoms with Crippen molar-refractivity contribution >= 4 is 11.6 Å². The minimum absolute atomic E-state index is 0.321. The summed E-state index contributed by atoms with van der Waals surface area (Å²) in [5, 5.41) is 11.1. The molecule has 152 valence electrons. The van der Waals surface area contributed by atoms with Crippen LogP contribution in [-0.4, -0.2) is 55.6 Å². The quantitative estimate of drug-likeness (QED) is 0.558. The van der Waals surface area contributed by atoms with Crippen LogP contribution < -0.4 is 25.0 Å². The van der Waals surface area contributed by atoms with Crippen molar-refractivity contribution in [2.75, 3.05) is 38.8 Å². The van der Waals surface area contributed by atoms with Crippen molar-refractivity contribution in [3.63, 3.8) is 0 Å². The number of methoxy groups -OCH3 is 2. The van der Waals surface area contributed by atoms with E-state index in [1.54, 1.807) is 20.4 Å². The van der Waals surface area contributed by atoms with Gasteiger partial charge < -0.3 is 25.0 Å². The van der Waals surface area contributed by atoms with Gasteiger partial charge in [-0.1, -0.05) is 0 Å². The molecule has 1 unspecified atom stereocenters. The molecule has 1 aliphatic rings. The van der Waals surface area contributed by atoms with Crippen LogP contribution in [0.5, 0.6) is 11.5 Å². The van der Waals surface area contributed by atoms with Crippen LogP contribution in [0.2, 0.25) is 0 Å². The smallest absolute Gasteiger partial charge is 0.191 e. The van der Waals surface area contributed by atoms with Gasteiger partial charge in [-0.25, -0.2) is 4.99 Å². The molecular weight excluding hydrogens is 356 g/mol. The van der Waals surface area contributed by atoms with E-state index >= 15 is 0 Å². The van der Waals surface area contributed by atoms with E-state index in [1.807, 2.05) is 36.0 Å². The van der Waals surface area contributed by atoms with E-state index in [4.69, 9.17) is 14.5 Å². The Morgan fingerprint density at radius 1 is 1.25 bits per heavy atom. The maximum atomic E-state index is 5.40. The molecule has 0 saturated carbocycles. The third-order valence-corrected chi connectivity index (χ3v) is 4.90. The first-order valence-electron chi connectivity index (χ1n) is 9.62. The molecule has 0 bridgehead atoms. The van der Waals surface area contributed by atoms with Crippen LogP contribution in [0.15, 0.2) is 35.5 Å². The maximum absolute atomic E-state index is 5.40. The van der Waals surface area contributed by atoms with Gasteiger partial charge in [0.05, 0.1) is 26.5 Å². The molecule has 1 atom stereocenters. The van der Waals surface area contributed by atoms with Gasteiger partial charge in [0.2, 0.25) is 0 Å². The Hall–Kier alpha value is -2.90. The van der Waals surface area contributed by atoms with E-state index in [0.29, 0.717) is 12.6 Å². The molecule has 1 fully saturated rings. The van der Waals surface area contributed by atoms with Gasteiger partial charge in [0, 0.05) is 62.8 Å². The Morgan fingerprint density at radius 3 is 2.61 bits per heavy atom. The van der Waals surface area contributed by atoms with Crippen molar-refractivity contribution in [1.82, 2.24) is 20.4 Å². The Kier molecular flexibility index (Phi) is 6.62. The molecule has 0 aliphatic carbocycles. The van der Waals surface area contributed by atoms with E-state index in [0.717, 1.165) is 54.9 Å². The Morgan fingerprint density at radius 2 is 2.00 bits per heavy atom. The zero-order chi connectivity index (χ0) is 19.9. The Bertz CT molecular complexity index is 781. The minimum Gasteiger partial charge on any atom is -0.497 e. The Labute approximate surface area is 166 Å². The summed E-state index contributed by atoms with van der Waals surface area (Å²) in [6.07, 6.45) is 2.83. The number of hydrogen-bond donors (Lipinski definition) is 2. The largest absolute Gasteiger partial charge is 0.497 e. The molecule has 1 aliphatic heterocycles. The van der Waals surface area contributed by atoms with Crippen LogP contribution >= 0.6 is 0 Å². The summed E-state index contributed by atoms with van der Waals surface area (Å²) in [5.74, 6) is 2.44. The summed E-state index contributed by atoms with van der Waals surface area (Å²) >= 11 is 0. The van der Waals surface area contributed by atoms with Gasteiger partial charge in [-0.15, -0.1) is 0 Å². The minimum atomic E-state index is 0.321. The first kappa shape index (κ1) is 19.9. The number of guanidine groups is 1. The van der Waals surface area contributed by atoms with Crippen molar-refractivity contribution < 1.29 is 9.47 Å². The second kappa shape index (κ2) is 9.34. The SMILES string of the molecule is CCNC(=NCc1ccnn1C)NC1CCN(c2cc(OC)cc(OC)c2)C1. The molecule has 0 spiro atoms. The highest BCUT2D eigenvalue weighted by Gasteiger charge is 2.24. The summed E-state index contributed by atoms with van der Waals surface area (Å²) in [4.78, 5) is 7.05. The third-order valence-electron chi connectivity index (χ3n) is 4.90. The molecule has 1 saturated heterocycles. The predicted molar refractivity (Wildman–Crippen MR) is 111 cm³/mol. The van der Waals surface area contributed by atoms with Crippen molar-refractivity contribution in [2.45, 2.75) is 25.9 Å². The molecule has 8 nitrogen and oxygen atoms in total. The van der Waals surface area contributed by atoms with Crippen molar-refractivity contribution in [3.8, 4) is 11.5 Å². The van der Waals surface area contributed by atoms with Gasteiger partial charge in [-0.05, 0) is 19.4 Å². The normalized spacial score (nSPS) is 16.9. The van der Waals surface area contributed by atoms with Gasteiger partial charge in [-0.2, -0.15) is 5.10 Å². The number of benzene rings is 1. The molecule has 2 N–H and O–H groups in total. The summed E-state index contributed by atoms with van der Waals surface area (Å²) in [6, 6.07) is 8.30. The molecule has 2 aromatic rings. The fourth-order valence-electron chi connectivity index (χ4n) is 3.32. The molecule has 0 amide bonds. The second-order valence-corrected chi connectivity index (χ2v) is 6.79. The van der Waals surface area contributed by atoms with Crippen LogP contribution in [-0.2, 0) is 13.6 Å². The highest BCUT2D eigenvalue weighted by Crippen LogP contribution is 2.30. The van der Waals surface area contributed by atoms with E-state index in [2.05, 4.69) is 27.6 Å². The fourth-order valence-corrected chi connectivity index (χ4v) is 3.32. The van der Waals surface area contributed by atoms with Crippen LogP contribution in [0.25, 0.3) is 0 Å². The number of ether oxygens (including phenoxy) is 2. The van der Waals surface area contributed by atoms with E-state index < -0.39 is 0 Å². The summed E-state index contributed by atoms with van der Waals surface area (Å²) in [5.41, 5.74) is 2.19. The van der Waals surface area contributed by atoms with Crippen LogP contribution in [0, 0.1) is 0 Å². The predicted octanol–water partition coefficient (Wildman–Crippen LogP) is 1.77. The van der Waals surface area contributed by atoms with Gasteiger partial charge in [0.15, 0.2) is 5.96 Å². The number of anilines is 1. The number of nitrogens with zero attached hydrogens (tertiary/aromatic N) is 4. The Balaban J connectivity index is 1.64. The standard InChI is InChI=1S/C20H30N6O2/c1-5-21-20(22-13-16-6-8-23-25(16)2)24-15-7-9-26(14-15)17-10-18(27-3)12-19(11-17)28-4/h6,8,10-12,15H,5,7,9,13-14H2,1-4H3,(H2,21,22,24). The van der Waals surface area contributed by atoms with Crippen LogP contribution in [0.1, 0.15) is 19.0 Å². The first-order valence-corrected chi connectivity index (χ1v) is 9.62. The van der Waals surface area contributed by atoms with E-state index in [1.165, 1.54) is 0 Å². The van der Waals surface area contributed by atoms with Crippen molar-refractivity contribution in [2.24, 2.45) is 12.0 Å². The van der Waals surface area contributed by atoms with Crippen LogP contribution in [0.3, 0.4) is 0 Å². The molecule has 8 heteroatoms. The van der Waals surface area contributed by atoms with Crippen LogP contribution in [0.4, 0.5) is 5.69 Å². The first-order chi connectivity index (χ1) is 13.6. The highest BCUT2D eigenvalue weighted by atomic mass is 16.5. The lowest BCUT2D eigenvalue weighted by Crippen LogP contribution is -2.44. The van der Waals surface area contributed by atoms with E-state index in [9.17, 15) is 0 Å². The zero-order valence-electron chi connectivity index (χ0n) is 17.1. The number of rotatable bonds is 7. The van der Waals surface area contributed by atoms with Gasteiger partial charge in [0.1, 0.15) is 11.5 Å². The molecule has 3 rings (SSSR count). The van der Waals surface area contributed by atoms with Gasteiger partial charge >= 0.3 is 0 Å². The molecule has 0 radical (unpaired) electrons. The topological polar surface area (TPSA) is 75.9 Å². The van der Waals surface area contributed by atoms with Crippen molar-refractivity contribution in [3.05, 3.63) is 36.2 Å². The number of aromatic nitrogens is 2. The lowest BCUT2D eigenvalue weighted by Gasteiger charge is -2.21. The second-order valence-electron chi connectivity index (χ2n) is 6.79. The van der Waals surface area contributed by atoms with Crippen molar-refractivity contribution in [1.29, 1.82) is 0 Å². The molecule has 28 heavy (non-hydrogen) atoms. The fraction of sp³-hybridized carbons (Fsp3) is 0.500. The third kappa shape index (κ3) is 4.88. The monoisotopic (exact) mass is 386 g/mol. The zero-order valence-corrected chi connectivity index (χ0v) is 17.1. The lowest BCUT2D eigenvalue weighted by atomic mass is 10.2. The molecule has 2 heterocycles. The number of hydrogen-bond acceptors (Lipinski definition) is 5. The number of aryl methyl sites for hydroxylation is 1. The summed E-state index contributed by atoms with van der Waals surface area (Å²) in [6.45, 7) is 5.35. The van der Waals surface area contributed by atoms with Gasteiger partial charge in [-0.3, -0.25) is 4.68 Å². The maximum Gasteiger partial charge on any atom is 0.191 e. The number of nitrogens with one attached hydrogen (secondary N) is 2. The molecular formula is C20H30N6O2. The lowest BCUT2D eigenvalue weighted by molar-refractivity contribution is 0.394. The average molecular weight is 387 g/mol. The number of aliphatic imine (C=N–C) groups is 1.